The summed E-state index contributed by atoms with van der Waals surface area (Å²) in [5, 5.41) is 0. The Labute approximate surface area is 100 Å². The van der Waals surface area contributed by atoms with Crippen LogP contribution >= 0.6 is 0 Å². The first-order valence-electron chi connectivity index (χ1n) is 5.23. The monoisotopic (exact) mass is 230 g/mol. The van der Waals surface area contributed by atoms with Crippen molar-refractivity contribution in [2.24, 2.45) is 0 Å². The lowest BCUT2D eigenvalue weighted by Crippen LogP contribution is -2.10. The molecule has 88 valence electrons. The van der Waals surface area contributed by atoms with Gasteiger partial charge in [0.05, 0.1) is 12.2 Å². The second-order valence-electron chi connectivity index (χ2n) is 3.35. The van der Waals surface area contributed by atoms with E-state index in [0.29, 0.717) is 11.1 Å². The van der Waals surface area contributed by atoms with Crippen LogP contribution in [-0.4, -0.2) is 18.4 Å². The second kappa shape index (κ2) is 6.43. The molecule has 0 aliphatic rings. The lowest BCUT2D eigenvalue weighted by atomic mass is 10.1. The molecule has 0 radical (unpaired) electrons. The number of rotatable bonds is 6. The van der Waals surface area contributed by atoms with Crippen LogP contribution in [0.1, 0.15) is 22.3 Å². The number of allylic oxidation sites excluding steroid dienone is 1. The van der Waals surface area contributed by atoms with Crippen molar-refractivity contribution in [2.75, 3.05) is 6.61 Å². The zero-order valence-corrected chi connectivity index (χ0v) is 9.52. The molecule has 0 saturated heterocycles. The number of ketones is 1. The molecule has 3 nitrogen and oxygen atoms in total. The number of ether oxygens (including phenoxy) is 1. The SMILES string of the molecule is C=CC(=O)CCOC(=O)c1ccccc1C=C. The molecule has 0 spiro atoms. The maximum absolute atomic E-state index is 11.7. The highest BCUT2D eigenvalue weighted by atomic mass is 16.5. The summed E-state index contributed by atoms with van der Waals surface area (Å²) in [6, 6.07) is 7.00. The number of hydrogen-bond acceptors (Lipinski definition) is 3. The normalized spacial score (nSPS) is 9.41. The van der Waals surface area contributed by atoms with Gasteiger partial charge in [0.15, 0.2) is 5.78 Å². The van der Waals surface area contributed by atoms with Crippen LogP contribution in [0.25, 0.3) is 6.08 Å². The fourth-order valence-corrected chi connectivity index (χ4v) is 1.29. The van der Waals surface area contributed by atoms with Gasteiger partial charge >= 0.3 is 5.97 Å². The maximum atomic E-state index is 11.7. The third kappa shape index (κ3) is 3.72. The van der Waals surface area contributed by atoms with Gasteiger partial charge in [0.25, 0.3) is 0 Å². The van der Waals surface area contributed by atoms with Crippen LogP contribution < -0.4 is 0 Å². The largest absolute Gasteiger partial charge is 0.462 e. The lowest BCUT2D eigenvalue weighted by molar-refractivity contribution is -0.115. The van der Waals surface area contributed by atoms with E-state index < -0.39 is 5.97 Å². The first-order chi connectivity index (χ1) is 8.19. The van der Waals surface area contributed by atoms with E-state index >= 15 is 0 Å². The van der Waals surface area contributed by atoms with Crippen molar-refractivity contribution in [1.29, 1.82) is 0 Å². The van der Waals surface area contributed by atoms with Gasteiger partial charge < -0.3 is 4.74 Å². The Morgan fingerprint density at radius 2 is 1.94 bits per heavy atom. The molecule has 17 heavy (non-hydrogen) atoms. The average Bonchev–Trinajstić information content (AvgIpc) is 2.38. The standard InChI is InChI=1S/C14H14O3/c1-3-11-7-5-6-8-13(11)14(16)17-10-9-12(15)4-2/h3-8H,1-2,9-10H2. The van der Waals surface area contributed by atoms with Crippen LogP contribution in [0.5, 0.6) is 0 Å². The van der Waals surface area contributed by atoms with E-state index in [4.69, 9.17) is 4.74 Å². The van der Waals surface area contributed by atoms with E-state index in [1.54, 1.807) is 24.3 Å². The molecule has 0 bridgehead atoms. The molecule has 0 aliphatic carbocycles. The molecule has 0 unspecified atom stereocenters. The second-order valence-corrected chi connectivity index (χ2v) is 3.35. The molecule has 0 aliphatic heterocycles. The van der Waals surface area contributed by atoms with Gasteiger partial charge in [0, 0.05) is 6.42 Å². The molecule has 0 N–H and O–H groups in total. The molecule has 0 atom stereocenters. The fraction of sp³-hybridized carbons (Fsp3) is 0.143. The molecular formula is C14H14O3. The molecule has 0 aromatic heterocycles. The van der Waals surface area contributed by atoms with E-state index in [1.165, 1.54) is 6.08 Å². The Morgan fingerprint density at radius 1 is 1.24 bits per heavy atom. The smallest absolute Gasteiger partial charge is 0.338 e. The number of esters is 1. The zero-order valence-electron chi connectivity index (χ0n) is 9.52. The summed E-state index contributed by atoms with van der Waals surface area (Å²) in [5.41, 5.74) is 1.17. The minimum Gasteiger partial charge on any atom is -0.462 e. The Bertz CT molecular complexity index is 447. The zero-order chi connectivity index (χ0) is 12.7. The van der Waals surface area contributed by atoms with Crippen molar-refractivity contribution in [1.82, 2.24) is 0 Å². The Balaban J connectivity index is 2.61. The first kappa shape index (κ1) is 12.9. The molecule has 0 heterocycles. The van der Waals surface area contributed by atoms with Crippen LogP contribution in [0.15, 0.2) is 43.5 Å². The highest BCUT2D eigenvalue weighted by Gasteiger charge is 2.10. The minimum atomic E-state index is -0.447. The number of benzene rings is 1. The molecule has 0 amide bonds. The van der Waals surface area contributed by atoms with Gasteiger partial charge in [-0.3, -0.25) is 4.79 Å². The van der Waals surface area contributed by atoms with Crippen LogP contribution in [0.3, 0.4) is 0 Å². The van der Waals surface area contributed by atoms with Crippen LogP contribution in [0, 0.1) is 0 Å². The fourth-order valence-electron chi connectivity index (χ4n) is 1.29. The molecule has 3 heteroatoms. The van der Waals surface area contributed by atoms with E-state index in [-0.39, 0.29) is 18.8 Å². The van der Waals surface area contributed by atoms with Crippen molar-refractivity contribution in [2.45, 2.75) is 6.42 Å². The predicted molar refractivity (Wildman–Crippen MR) is 66.6 cm³/mol. The van der Waals surface area contributed by atoms with Crippen molar-refractivity contribution in [3.8, 4) is 0 Å². The Hall–Kier alpha value is -2.16. The Morgan fingerprint density at radius 3 is 2.59 bits per heavy atom. The van der Waals surface area contributed by atoms with Gasteiger partial charge in [-0.15, -0.1) is 0 Å². The highest BCUT2D eigenvalue weighted by Crippen LogP contribution is 2.11. The molecule has 0 fully saturated rings. The van der Waals surface area contributed by atoms with Crippen molar-refractivity contribution < 1.29 is 14.3 Å². The molecule has 1 rings (SSSR count). The number of carbonyl (C=O) groups excluding carboxylic acids is 2. The van der Waals surface area contributed by atoms with Gasteiger partial charge in [-0.25, -0.2) is 4.79 Å². The van der Waals surface area contributed by atoms with Crippen molar-refractivity contribution in [3.05, 3.63) is 54.6 Å². The summed E-state index contributed by atoms with van der Waals surface area (Å²) in [4.78, 5) is 22.6. The summed E-state index contributed by atoms with van der Waals surface area (Å²) < 4.78 is 4.99. The Kier molecular flexibility index (Phi) is 4.88. The van der Waals surface area contributed by atoms with Crippen LogP contribution in [0.2, 0.25) is 0 Å². The van der Waals surface area contributed by atoms with Gasteiger partial charge in [-0.1, -0.05) is 37.4 Å². The highest BCUT2D eigenvalue weighted by molar-refractivity contribution is 5.94. The third-order valence-electron chi connectivity index (χ3n) is 2.21. The summed E-state index contributed by atoms with van der Waals surface area (Å²) in [5.74, 6) is -0.591. The first-order valence-corrected chi connectivity index (χ1v) is 5.23. The van der Waals surface area contributed by atoms with E-state index in [1.807, 2.05) is 6.07 Å². The quantitative estimate of drug-likeness (QED) is 0.557. The maximum Gasteiger partial charge on any atom is 0.338 e. The van der Waals surface area contributed by atoms with Gasteiger partial charge in [-0.05, 0) is 17.7 Å². The summed E-state index contributed by atoms with van der Waals surface area (Å²) in [6.45, 7) is 7.03. The van der Waals surface area contributed by atoms with E-state index in [2.05, 4.69) is 13.2 Å². The summed E-state index contributed by atoms with van der Waals surface area (Å²) >= 11 is 0. The third-order valence-corrected chi connectivity index (χ3v) is 2.21. The lowest BCUT2D eigenvalue weighted by Gasteiger charge is -2.06. The molecule has 1 aromatic carbocycles. The van der Waals surface area contributed by atoms with Gasteiger partial charge in [0.1, 0.15) is 0 Å². The van der Waals surface area contributed by atoms with Crippen LogP contribution in [-0.2, 0) is 9.53 Å². The number of carbonyl (C=O) groups is 2. The number of hydrogen-bond donors (Lipinski definition) is 0. The molecular weight excluding hydrogens is 216 g/mol. The van der Waals surface area contributed by atoms with Crippen molar-refractivity contribution >= 4 is 17.8 Å². The van der Waals surface area contributed by atoms with Gasteiger partial charge in [-0.2, -0.15) is 0 Å². The van der Waals surface area contributed by atoms with Crippen LogP contribution in [0.4, 0.5) is 0 Å². The predicted octanol–water partition coefficient (Wildman–Crippen LogP) is 2.63. The summed E-state index contributed by atoms with van der Waals surface area (Å²) in [7, 11) is 0. The molecule has 1 aromatic rings. The van der Waals surface area contributed by atoms with E-state index in [0.717, 1.165) is 0 Å². The molecule has 0 saturated carbocycles. The average molecular weight is 230 g/mol. The topological polar surface area (TPSA) is 43.4 Å². The van der Waals surface area contributed by atoms with Gasteiger partial charge in [0.2, 0.25) is 0 Å². The summed E-state index contributed by atoms with van der Waals surface area (Å²) in [6.07, 6.45) is 2.96. The van der Waals surface area contributed by atoms with E-state index in [9.17, 15) is 9.59 Å². The van der Waals surface area contributed by atoms with Crippen molar-refractivity contribution in [3.63, 3.8) is 0 Å². The minimum absolute atomic E-state index is 0.0646.